The first-order chi connectivity index (χ1) is 10.1. The number of H-pyrrole nitrogens is 1. The standard InChI is InChI=1S/C16H16N4O/c1-20(2)14-6-3-11(4-7-14)16(21)18-13-5-8-15-12(9-13)10-17-19-15/h3-10H,1-2H3,(H,17,19)(H,18,21). The molecule has 0 fully saturated rings. The molecular weight excluding hydrogens is 264 g/mol. The number of rotatable bonds is 3. The number of aromatic amines is 1. The summed E-state index contributed by atoms with van der Waals surface area (Å²) in [5.74, 6) is -0.122. The summed E-state index contributed by atoms with van der Waals surface area (Å²) in [6, 6.07) is 13.1. The number of carbonyl (C=O) groups is 1. The molecule has 3 aromatic rings. The average molecular weight is 280 g/mol. The Balaban J connectivity index is 1.78. The first kappa shape index (κ1) is 13.2. The lowest BCUT2D eigenvalue weighted by molar-refractivity contribution is 0.102. The van der Waals surface area contributed by atoms with Crippen LogP contribution in [-0.2, 0) is 0 Å². The maximum Gasteiger partial charge on any atom is 0.255 e. The lowest BCUT2D eigenvalue weighted by atomic mass is 10.1. The number of aromatic nitrogens is 2. The van der Waals surface area contributed by atoms with Gasteiger partial charge in [-0.25, -0.2) is 0 Å². The van der Waals surface area contributed by atoms with Crippen LogP contribution in [0.5, 0.6) is 0 Å². The highest BCUT2D eigenvalue weighted by atomic mass is 16.1. The van der Waals surface area contributed by atoms with E-state index in [0.717, 1.165) is 22.3 Å². The number of amides is 1. The first-order valence-electron chi connectivity index (χ1n) is 6.65. The Morgan fingerprint density at radius 2 is 1.90 bits per heavy atom. The number of fused-ring (bicyclic) bond motifs is 1. The lowest BCUT2D eigenvalue weighted by Gasteiger charge is -2.12. The normalized spacial score (nSPS) is 10.6. The van der Waals surface area contributed by atoms with Gasteiger partial charge in [-0.15, -0.1) is 0 Å². The summed E-state index contributed by atoms with van der Waals surface area (Å²) in [5.41, 5.74) is 3.40. The summed E-state index contributed by atoms with van der Waals surface area (Å²) in [5, 5.41) is 10.7. The van der Waals surface area contributed by atoms with Crippen molar-refractivity contribution in [2.45, 2.75) is 0 Å². The molecule has 0 unspecified atom stereocenters. The van der Waals surface area contributed by atoms with Crippen LogP contribution in [0.4, 0.5) is 11.4 Å². The molecule has 1 heterocycles. The van der Waals surface area contributed by atoms with E-state index in [1.807, 2.05) is 61.5 Å². The number of benzene rings is 2. The fourth-order valence-corrected chi connectivity index (χ4v) is 2.13. The third-order valence-electron chi connectivity index (χ3n) is 3.34. The van der Waals surface area contributed by atoms with Gasteiger partial charge >= 0.3 is 0 Å². The maximum absolute atomic E-state index is 12.2. The van der Waals surface area contributed by atoms with Gasteiger partial charge in [0, 0.05) is 36.4 Å². The van der Waals surface area contributed by atoms with Gasteiger partial charge in [0.15, 0.2) is 0 Å². The third-order valence-corrected chi connectivity index (χ3v) is 3.34. The molecule has 1 aromatic heterocycles. The second-order valence-electron chi connectivity index (χ2n) is 5.07. The van der Waals surface area contributed by atoms with Crippen molar-refractivity contribution in [1.29, 1.82) is 0 Å². The number of nitrogens with zero attached hydrogens (tertiary/aromatic N) is 2. The highest BCUT2D eigenvalue weighted by molar-refractivity contribution is 6.05. The van der Waals surface area contributed by atoms with Gasteiger partial charge in [-0.05, 0) is 42.5 Å². The molecule has 1 amide bonds. The highest BCUT2D eigenvalue weighted by Crippen LogP contribution is 2.18. The lowest BCUT2D eigenvalue weighted by Crippen LogP contribution is -2.13. The Kier molecular flexibility index (Phi) is 3.31. The maximum atomic E-state index is 12.2. The average Bonchev–Trinajstić information content (AvgIpc) is 2.95. The van der Waals surface area contributed by atoms with Crippen molar-refractivity contribution in [3.05, 3.63) is 54.2 Å². The smallest absolute Gasteiger partial charge is 0.255 e. The van der Waals surface area contributed by atoms with E-state index >= 15 is 0 Å². The van der Waals surface area contributed by atoms with E-state index in [4.69, 9.17) is 0 Å². The minimum absolute atomic E-state index is 0.122. The van der Waals surface area contributed by atoms with Crippen LogP contribution in [0, 0.1) is 0 Å². The SMILES string of the molecule is CN(C)c1ccc(C(=O)Nc2ccc3[nH]ncc3c2)cc1. The monoisotopic (exact) mass is 280 g/mol. The summed E-state index contributed by atoms with van der Waals surface area (Å²) >= 11 is 0. The van der Waals surface area contributed by atoms with Crippen LogP contribution in [-0.4, -0.2) is 30.2 Å². The molecule has 5 nitrogen and oxygen atoms in total. The second-order valence-corrected chi connectivity index (χ2v) is 5.07. The van der Waals surface area contributed by atoms with Gasteiger partial charge < -0.3 is 10.2 Å². The zero-order valence-corrected chi connectivity index (χ0v) is 11.9. The second kappa shape index (κ2) is 5.28. The molecule has 0 spiro atoms. The van der Waals surface area contributed by atoms with E-state index in [-0.39, 0.29) is 5.91 Å². The molecule has 0 saturated heterocycles. The Hall–Kier alpha value is -2.82. The van der Waals surface area contributed by atoms with E-state index < -0.39 is 0 Å². The van der Waals surface area contributed by atoms with Crippen LogP contribution in [0.15, 0.2) is 48.7 Å². The van der Waals surface area contributed by atoms with Crippen molar-refractivity contribution in [1.82, 2.24) is 10.2 Å². The van der Waals surface area contributed by atoms with Crippen molar-refractivity contribution in [2.24, 2.45) is 0 Å². The zero-order chi connectivity index (χ0) is 14.8. The summed E-state index contributed by atoms with van der Waals surface area (Å²) in [6.45, 7) is 0. The number of hydrogen-bond acceptors (Lipinski definition) is 3. The predicted molar refractivity (Wildman–Crippen MR) is 84.8 cm³/mol. The Morgan fingerprint density at radius 3 is 2.62 bits per heavy atom. The fraction of sp³-hybridized carbons (Fsp3) is 0.125. The molecule has 21 heavy (non-hydrogen) atoms. The van der Waals surface area contributed by atoms with Crippen molar-refractivity contribution in [3.63, 3.8) is 0 Å². The predicted octanol–water partition coefficient (Wildman–Crippen LogP) is 2.88. The molecule has 0 saturated carbocycles. The van der Waals surface area contributed by atoms with Crippen molar-refractivity contribution in [2.75, 3.05) is 24.3 Å². The highest BCUT2D eigenvalue weighted by Gasteiger charge is 2.07. The minimum atomic E-state index is -0.122. The Morgan fingerprint density at radius 1 is 1.14 bits per heavy atom. The number of hydrogen-bond donors (Lipinski definition) is 2. The molecule has 0 atom stereocenters. The molecule has 2 aromatic carbocycles. The van der Waals surface area contributed by atoms with Gasteiger partial charge in [0.05, 0.1) is 11.7 Å². The van der Waals surface area contributed by atoms with Crippen LogP contribution < -0.4 is 10.2 Å². The fourth-order valence-electron chi connectivity index (χ4n) is 2.13. The topological polar surface area (TPSA) is 61.0 Å². The van der Waals surface area contributed by atoms with Crippen LogP contribution in [0.2, 0.25) is 0 Å². The van der Waals surface area contributed by atoms with Crippen molar-refractivity contribution in [3.8, 4) is 0 Å². The van der Waals surface area contributed by atoms with Crippen LogP contribution in [0.25, 0.3) is 10.9 Å². The van der Waals surface area contributed by atoms with E-state index in [2.05, 4.69) is 15.5 Å². The number of nitrogens with one attached hydrogen (secondary N) is 2. The van der Waals surface area contributed by atoms with Gasteiger partial charge in [-0.1, -0.05) is 0 Å². The van der Waals surface area contributed by atoms with Crippen LogP contribution >= 0.6 is 0 Å². The van der Waals surface area contributed by atoms with Crippen molar-refractivity contribution >= 4 is 28.2 Å². The Labute approximate surface area is 122 Å². The molecule has 0 aliphatic rings. The van der Waals surface area contributed by atoms with Gasteiger partial charge in [0.2, 0.25) is 0 Å². The summed E-state index contributed by atoms with van der Waals surface area (Å²) < 4.78 is 0. The molecule has 3 rings (SSSR count). The van der Waals surface area contributed by atoms with E-state index in [9.17, 15) is 4.79 Å². The van der Waals surface area contributed by atoms with Gasteiger partial charge in [-0.2, -0.15) is 5.10 Å². The van der Waals surface area contributed by atoms with Gasteiger partial charge in [0.1, 0.15) is 0 Å². The van der Waals surface area contributed by atoms with Gasteiger partial charge in [-0.3, -0.25) is 9.89 Å². The molecule has 0 radical (unpaired) electrons. The third kappa shape index (κ3) is 2.72. The van der Waals surface area contributed by atoms with E-state index in [1.54, 1.807) is 6.20 Å². The molecular formula is C16H16N4O. The number of carbonyl (C=O) groups excluding carboxylic acids is 1. The molecule has 2 N–H and O–H groups in total. The summed E-state index contributed by atoms with van der Waals surface area (Å²) in [6.07, 6.45) is 1.73. The first-order valence-corrected chi connectivity index (χ1v) is 6.65. The number of anilines is 2. The quantitative estimate of drug-likeness (QED) is 0.775. The Bertz CT molecular complexity index is 774. The summed E-state index contributed by atoms with van der Waals surface area (Å²) in [4.78, 5) is 14.2. The zero-order valence-electron chi connectivity index (χ0n) is 11.9. The van der Waals surface area contributed by atoms with Gasteiger partial charge in [0.25, 0.3) is 5.91 Å². The van der Waals surface area contributed by atoms with E-state index in [0.29, 0.717) is 5.56 Å². The molecule has 5 heteroatoms. The van der Waals surface area contributed by atoms with Crippen molar-refractivity contribution < 1.29 is 4.79 Å². The largest absolute Gasteiger partial charge is 0.378 e. The molecule has 106 valence electrons. The minimum Gasteiger partial charge on any atom is -0.378 e. The molecule has 0 aliphatic heterocycles. The van der Waals surface area contributed by atoms with Crippen LogP contribution in [0.1, 0.15) is 10.4 Å². The van der Waals surface area contributed by atoms with Crippen LogP contribution in [0.3, 0.4) is 0 Å². The van der Waals surface area contributed by atoms with E-state index in [1.165, 1.54) is 0 Å². The molecule has 0 aliphatic carbocycles. The molecule has 0 bridgehead atoms. The summed E-state index contributed by atoms with van der Waals surface area (Å²) in [7, 11) is 3.93.